The van der Waals surface area contributed by atoms with E-state index in [0.717, 1.165) is 16.6 Å². The predicted molar refractivity (Wildman–Crippen MR) is 107 cm³/mol. The number of ether oxygens (including phenoxy) is 1. The molecule has 1 aromatic heterocycles. The lowest BCUT2D eigenvalue weighted by molar-refractivity contribution is -0.150. The third-order valence-corrected chi connectivity index (χ3v) is 4.35. The first-order valence-electron chi connectivity index (χ1n) is 9.15. The zero-order chi connectivity index (χ0) is 20.0. The number of benzene rings is 1. The lowest BCUT2D eigenvalue weighted by Crippen LogP contribution is -2.51. The van der Waals surface area contributed by atoms with Crippen molar-refractivity contribution in [3.63, 3.8) is 0 Å². The number of nitrogens with one attached hydrogen (secondary N) is 1. The summed E-state index contributed by atoms with van der Waals surface area (Å²) in [6, 6.07) is 11.1. The lowest BCUT2D eigenvalue weighted by atomic mass is 9.86. The maximum atomic E-state index is 12.7. The van der Waals surface area contributed by atoms with Gasteiger partial charge in [0.25, 0.3) is 0 Å². The van der Waals surface area contributed by atoms with Gasteiger partial charge in [0.2, 0.25) is 5.91 Å². The molecule has 144 valence electrons. The molecule has 5 nitrogen and oxygen atoms in total. The molecular formula is C22H28N2O3. The molecule has 27 heavy (non-hydrogen) atoms. The SMILES string of the molecule is C=CCOC(=O)C(NC(=O)C(C)Cc1ccc2ccccc2n1)C(C)(C)C. The van der Waals surface area contributed by atoms with Gasteiger partial charge in [-0.1, -0.05) is 64.6 Å². The molecule has 1 amide bonds. The Kier molecular flexibility index (Phi) is 6.72. The average molecular weight is 368 g/mol. The summed E-state index contributed by atoms with van der Waals surface area (Å²) in [4.78, 5) is 29.6. The number of fused-ring (bicyclic) bond motifs is 1. The van der Waals surface area contributed by atoms with Gasteiger partial charge in [0.05, 0.1) is 5.52 Å². The molecule has 2 unspecified atom stereocenters. The average Bonchev–Trinajstić information content (AvgIpc) is 2.62. The number of nitrogens with zero attached hydrogens (tertiary/aromatic N) is 1. The van der Waals surface area contributed by atoms with E-state index in [2.05, 4.69) is 16.9 Å². The van der Waals surface area contributed by atoms with E-state index in [4.69, 9.17) is 4.74 Å². The van der Waals surface area contributed by atoms with Crippen molar-refractivity contribution >= 4 is 22.8 Å². The lowest BCUT2D eigenvalue weighted by Gasteiger charge is -2.30. The van der Waals surface area contributed by atoms with Crippen LogP contribution in [-0.2, 0) is 20.7 Å². The molecule has 2 rings (SSSR count). The summed E-state index contributed by atoms with van der Waals surface area (Å²) in [5.74, 6) is -0.970. The smallest absolute Gasteiger partial charge is 0.329 e. The molecule has 0 radical (unpaired) electrons. The summed E-state index contributed by atoms with van der Waals surface area (Å²) < 4.78 is 5.14. The standard InChI is InChI=1S/C22H28N2O3/c1-6-13-27-21(26)19(22(3,4)5)24-20(25)15(2)14-17-12-11-16-9-7-8-10-18(16)23-17/h6-12,15,19H,1,13-14H2,2-5H3,(H,24,25). The summed E-state index contributed by atoms with van der Waals surface area (Å²) in [6.45, 7) is 11.2. The fourth-order valence-electron chi connectivity index (χ4n) is 2.77. The van der Waals surface area contributed by atoms with Crippen LogP contribution in [0.5, 0.6) is 0 Å². The predicted octanol–water partition coefficient (Wildman–Crippen LogP) is 3.67. The highest BCUT2D eigenvalue weighted by Crippen LogP contribution is 2.21. The number of hydrogen-bond donors (Lipinski definition) is 1. The van der Waals surface area contributed by atoms with Crippen LogP contribution in [0.4, 0.5) is 0 Å². The number of hydrogen-bond acceptors (Lipinski definition) is 4. The van der Waals surface area contributed by atoms with Gasteiger partial charge in [-0.05, 0) is 17.5 Å². The summed E-state index contributed by atoms with van der Waals surface area (Å²) in [7, 11) is 0. The van der Waals surface area contributed by atoms with Gasteiger partial charge in [0.1, 0.15) is 12.6 Å². The zero-order valence-electron chi connectivity index (χ0n) is 16.5. The molecule has 0 spiro atoms. The first kappa shape index (κ1) is 20.6. The third kappa shape index (κ3) is 5.64. The summed E-state index contributed by atoms with van der Waals surface area (Å²) >= 11 is 0. The minimum absolute atomic E-state index is 0.123. The van der Waals surface area contributed by atoms with E-state index in [0.29, 0.717) is 6.42 Å². The number of para-hydroxylation sites is 1. The largest absolute Gasteiger partial charge is 0.460 e. The van der Waals surface area contributed by atoms with Crippen molar-refractivity contribution in [3.8, 4) is 0 Å². The van der Waals surface area contributed by atoms with Crippen LogP contribution in [0.25, 0.3) is 10.9 Å². The van der Waals surface area contributed by atoms with Crippen LogP contribution < -0.4 is 5.32 Å². The molecule has 1 heterocycles. The molecule has 0 bridgehead atoms. The first-order valence-corrected chi connectivity index (χ1v) is 9.15. The van der Waals surface area contributed by atoms with E-state index in [-0.39, 0.29) is 18.4 Å². The molecule has 1 aromatic carbocycles. The molecule has 2 aromatic rings. The van der Waals surface area contributed by atoms with Crippen LogP contribution in [-0.4, -0.2) is 29.5 Å². The van der Waals surface area contributed by atoms with Crippen LogP contribution in [0.15, 0.2) is 49.1 Å². The molecule has 2 atom stereocenters. The van der Waals surface area contributed by atoms with Gasteiger partial charge in [0, 0.05) is 23.4 Å². The first-order chi connectivity index (χ1) is 12.7. The van der Waals surface area contributed by atoms with Crippen molar-refractivity contribution in [3.05, 3.63) is 54.7 Å². The molecular weight excluding hydrogens is 340 g/mol. The highest BCUT2D eigenvalue weighted by molar-refractivity contribution is 5.86. The number of aromatic nitrogens is 1. The number of carbonyl (C=O) groups is 2. The number of esters is 1. The minimum atomic E-state index is -0.725. The van der Waals surface area contributed by atoms with Crippen LogP contribution in [0.2, 0.25) is 0 Å². The Morgan fingerprint density at radius 2 is 1.93 bits per heavy atom. The fourth-order valence-corrected chi connectivity index (χ4v) is 2.77. The van der Waals surface area contributed by atoms with Crippen LogP contribution in [0.1, 0.15) is 33.4 Å². The van der Waals surface area contributed by atoms with Gasteiger partial charge >= 0.3 is 5.97 Å². The second-order valence-electron chi connectivity index (χ2n) is 7.83. The number of rotatable bonds is 7. The van der Waals surface area contributed by atoms with Crippen LogP contribution >= 0.6 is 0 Å². The van der Waals surface area contributed by atoms with Gasteiger partial charge in [-0.3, -0.25) is 9.78 Å². The van der Waals surface area contributed by atoms with Crippen molar-refractivity contribution in [2.24, 2.45) is 11.3 Å². The Hall–Kier alpha value is -2.69. The van der Waals surface area contributed by atoms with Gasteiger partial charge in [-0.2, -0.15) is 0 Å². The molecule has 0 saturated carbocycles. The van der Waals surface area contributed by atoms with E-state index in [1.54, 1.807) is 0 Å². The van der Waals surface area contributed by atoms with Crippen molar-refractivity contribution in [2.75, 3.05) is 6.61 Å². The zero-order valence-corrected chi connectivity index (χ0v) is 16.5. The number of carbonyl (C=O) groups excluding carboxylic acids is 2. The molecule has 0 fully saturated rings. The highest BCUT2D eigenvalue weighted by Gasteiger charge is 2.35. The van der Waals surface area contributed by atoms with E-state index in [9.17, 15) is 9.59 Å². The van der Waals surface area contributed by atoms with E-state index in [1.807, 2.05) is 64.1 Å². The molecule has 0 aliphatic heterocycles. The van der Waals surface area contributed by atoms with Crippen molar-refractivity contribution < 1.29 is 14.3 Å². The summed E-state index contributed by atoms with van der Waals surface area (Å²) in [5.41, 5.74) is 1.29. The molecule has 0 aliphatic carbocycles. The maximum absolute atomic E-state index is 12.7. The Labute approximate surface area is 160 Å². The normalized spacial score (nSPS) is 13.6. The van der Waals surface area contributed by atoms with Crippen LogP contribution in [0.3, 0.4) is 0 Å². The van der Waals surface area contributed by atoms with Crippen molar-refractivity contribution in [2.45, 2.75) is 40.2 Å². The van der Waals surface area contributed by atoms with E-state index < -0.39 is 17.4 Å². The molecule has 0 aliphatic rings. The van der Waals surface area contributed by atoms with E-state index in [1.165, 1.54) is 6.08 Å². The molecule has 1 N–H and O–H groups in total. The fraction of sp³-hybridized carbons (Fsp3) is 0.409. The number of amides is 1. The Balaban J connectivity index is 2.07. The topological polar surface area (TPSA) is 68.3 Å². The summed E-state index contributed by atoms with van der Waals surface area (Å²) in [6.07, 6.45) is 2.00. The van der Waals surface area contributed by atoms with Gasteiger partial charge in [0.15, 0.2) is 0 Å². The Bertz CT molecular complexity index is 824. The second-order valence-corrected chi connectivity index (χ2v) is 7.83. The quantitative estimate of drug-likeness (QED) is 0.598. The van der Waals surface area contributed by atoms with Gasteiger partial charge < -0.3 is 10.1 Å². The van der Waals surface area contributed by atoms with Gasteiger partial charge in [-0.25, -0.2) is 4.79 Å². The molecule has 0 saturated heterocycles. The second kappa shape index (κ2) is 8.80. The summed E-state index contributed by atoms with van der Waals surface area (Å²) in [5, 5.41) is 3.91. The van der Waals surface area contributed by atoms with Gasteiger partial charge in [-0.15, -0.1) is 0 Å². The molecule has 5 heteroatoms. The van der Waals surface area contributed by atoms with Crippen molar-refractivity contribution in [1.82, 2.24) is 10.3 Å². The Morgan fingerprint density at radius 1 is 1.22 bits per heavy atom. The van der Waals surface area contributed by atoms with E-state index >= 15 is 0 Å². The monoisotopic (exact) mass is 368 g/mol. The maximum Gasteiger partial charge on any atom is 0.329 e. The van der Waals surface area contributed by atoms with Crippen molar-refractivity contribution in [1.29, 1.82) is 0 Å². The van der Waals surface area contributed by atoms with Crippen LogP contribution in [0, 0.1) is 11.3 Å². The third-order valence-electron chi connectivity index (χ3n) is 4.35. The number of pyridine rings is 1. The minimum Gasteiger partial charge on any atom is -0.460 e. The Morgan fingerprint density at radius 3 is 2.59 bits per heavy atom. The highest BCUT2D eigenvalue weighted by atomic mass is 16.5.